The molecule has 1 aromatic heterocycles. The normalized spacial score (nSPS) is 15.0. The van der Waals surface area contributed by atoms with Gasteiger partial charge in [0.25, 0.3) is 0 Å². The van der Waals surface area contributed by atoms with Gasteiger partial charge in [-0.15, -0.1) is 0 Å². The molecule has 0 aliphatic carbocycles. The molecule has 0 saturated carbocycles. The van der Waals surface area contributed by atoms with Crippen molar-refractivity contribution in [2.45, 2.75) is 20.0 Å². The van der Waals surface area contributed by atoms with Gasteiger partial charge in [-0.2, -0.15) is 0 Å². The van der Waals surface area contributed by atoms with E-state index in [1.807, 2.05) is 12.3 Å². The van der Waals surface area contributed by atoms with E-state index in [4.69, 9.17) is 9.47 Å². The van der Waals surface area contributed by atoms with E-state index in [1.165, 1.54) is 5.56 Å². The summed E-state index contributed by atoms with van der Waals surface area (Å²) >= 11 is 0. The van der Waals surface area contributed by atoms with Crippen LogP contribution in [0.15, 0.2) is 41.5 Å². The molecule has 0 radical (unpaired) electrons. The predicted octanol–water partition coefficient (Wildman–Crippen LogP) is 2.03. The molecular formula is C24H36N6O2. The van der Waals surface area contributed by atoms with Crippen molar-refractivity contribution in [2.24, 2.45) is 4.99 Å². The summed E-state index contributed by atoms with van der Waals surface area (Å²) in [7, 11) is 5.62. The maximum Gasteiger partial charge on any atom is 0.191 e. The van der Waals surface area contributed by atoms with Crippen LogP contribution in [-0.2, 0) is 17.8 Å². The van der Waals surface area contributed by atoms with Crippen molar-refractivity contribution in [2.75, 3.05) is 65.5 Å². The molecule has 1 saturated heterocycles. The van der Waals surface area contributed by atoms with Gasteiger partial charge in [-0.25, -0.2) is 4.98 Å². The van der Waals surface area contributed by atoms with Gasteiger partial charge in [-0.05, 0) is 43.3 Å². The van der Waals surface area contributed by atoms with Crippen LogP contribution in [0.4, 0.5) is 5.82 Å². The van der Waals surface area contributed by atoms with E-state index >= 15 is 0 Å². The average molecular weight is 441 g/mol. The molecule has 1 aliphatic heterocycles. The number of anilines is 1. The van der Waals surface area contributed by atoms with Crippen LogP contribution in [0, 0.1) is 6.92 Å². The number of rotatable bonds is 9. The van der Waals surface area contributed by atoms with Crippen molar-refractivity contribution < 1.29 is 9.47 Å². The molecule has 32 heavy (non-hydrogen) atoms. The van der Waals surface area contributed by atoms with Crippen LogP contribution in [0.3, 0.4) is 0 Å². The molecule has 1 aliphatic rings. The Bertz CT molecular complexity index is 881. The third-order valence-corrected chi connectivity index (χ3v) is 5.53. The lowest BCUT2D eigenvalue weighted by Gasteiger charge is -2.33. The summed E-state index contributed by atoms with van der Waals surface area (Å²) < 4.78 is 11.0. The van der Waals surface area contributed by atoms with Crippen LogP contribution < -0.4 is 20.3 Å². The number of nitrogens with zero attached hydrogens (tertiary/aromatic N) is 4. The number of likely N-dealkylation sites (N-methyl/N-ethyl adjacent to an activating group) is 1. The number of methoxy groups -OCH3 is 1. The molecule has 8 nitrogen and oxygen atoms in total. The standard InChI is InChI=1S/C24H36N6O2/c1-19-5-6-21(22(15-19)32-14-13-31-4)18-28-24(25-2)27-17-20-7-8-26-23(16-20)30-11-9-29(3)10-12-30/h5-8,15-16H,9-14,17-18H2,1-4H3,(H2,25,27,28). The highest BCUT2D eigenvalue weighted by Crippen LogP contribution is 2.20. The van der Waals surface area contributed by atoms with E-state index < -0.39 is 0 Å². The van der Waals surface area contributed by atoms with Gasteiger partial charge in [-0.3, -0.25) is 4.99 Å². The number of aromatic nitrogens is 1. The molecule has 8 heteroatoms. The van der Waals surface area contributed by atoms with Crippen molar-refractivity contribution in [1.82, 2.24) is 20.5 Å². The van der Waals surface area contributed by atoms with Crippen LogP contribution in [0.25, 0.3) is 0 Å². The Morgan fingerprint density at radius 1 is 1.06 bits per heavy atom. The topological polar surface area (TPSA) is 74.3 Å². The van der Waals surface area contributed by atoms with Gasteiger partial charge in [0.05, 0.1) is 6.61 Å². The monoisotopic (exact) mass is 440 g/mol. The Morgan fingerprint density at radius 3 is 2.59 bits per heavy atom. The Labute approximate surface area is 191 Å². The maximum atomic E-state index is 5.89. The number of hydrogen-bond donors (Lipinski definition) is 2. The Kier molecular flexibility index (Phi) is 9.13. The maximum absolute atomic E-state index is 5.89. The molecule has 0 amide bonds. The molecule has 174 valence electrons. The number of guanidine groups is 1. The number of aryl methyl sites for hydroxylation is 1. The number of nitrogens with one attached hydrogen (secondary N) is 2. The highest BCUT2D eigenvalue weighted by Gasteiger charge is 2.15. The highest BCUT2D eigenvalue weighted by atomic mass is 16.5. The zero-order valence-corrected chi connectivity index (χ0v) is 19.7. The molecule has 0 bridgehead atoms. The van der Waals surface area contributed by atoms with Gasteiger partial charge in [0.15, 0.2) is 5.96 Å². The van der Waals surface area contributed by atoms with Crippen molar-refractivity contribution in [3.05, 3.63) is 53.2 Å². The molecule has 2 heterocycles. The highest BCUT2D eigenvalue weighted by molar-refractivity contribution is 5.79. The second kappa shape index (κ2) is 12.3. The van der Waals surface area contributed by atoms with E-state index in [9.17, 15) is 0 Å². The quantitative estimate of drug-likeness (QED) is 0.351. The van der Waals surface area contributed by atoms with E-state index in [1.54, 1.807) is 14.2 Å². The number of piperazine rings is 1. The van der Waals surface area contributed by atoms with Crippen molar-refractivity contribution in [1.29, 1.82) is 0 Å². The Morgan fingerprint density at radius 2 is 1.84 bits per heavy atom. The second-order valence-corrected chi connectivity index (χ2v) is 8.04. The lowest BCUT2D eigenvalue weighted by molar-refractivity contribution is 0.145. The summed E-state index contributed by atoms with van der Waals surface area (Å²) in [4.78, 5) is 13.6. The van der Waals surface area contributed by atoms with Gasteiger partial charge >= 0.3 is 0 Å². The average Bonchev–Trinajstić information content (AvgIpc) is 2.81. The number of hydrogen-bond acceptors (Lipinski definition) is 6. The third kappa shape index (κ3) is 7.10. The van der Waals surface area contributed by atoms with Crippen LogP contribution in [0.1, 0.15) is 16.7 Å². The number of pyridine rings is 1. The summed E-state index contributed by atoms with van der Waals surface area (Å²) in [6.45, 7) is 8.59. The van der Waals surface area contributed by atoms with Crippen LogP contribution in [-0.4, -0.2) is 76.4 Å². The van der Waals surface area contributed by atoms with Crippen molar-refractivity contribution in [3.63, 3.8) is 0 Å². The first-order chi connectivity index (χ1) is 15.6. The van der Waals surface area contributed by atoms with Crippen molar-refractivity contribution in [3.8, 4) is 5.75 Å². The molecular weight excluding hydrogens is 404 g/mol. The molecule has 2 aromatic rings. The fourth-order valence-electron chi connectivity index (χ4n) is 3.54. The molecule has 2 N–H and O–H groups in total. The first-order valence-corrected chi connectivity index (χ1v) is 11.1. The third-order valence-electron chi connectivity index (χ3n) is 5.53. The summed E-state index contributed by atoms with van der Waals surface area (Å²) in [5.41, 5.74) is 3.42. The Hall–Kier alpha value is -2.84. The van der Waals surface area contributed by atoms with Crippen molar-refractivity contribution >= 4 is 11.8 Å². The zero-order valence-electron chi connectivity index (χ0n) is 19.7. The van der Waals surface area contributed by atoms with Crippen LogP contribution in [0.5, 0.6) is 5.75 Å². The lowest BCUT2D eigenvalue weighted by Crippen LogP contribution is -2.44. The first kappa shape index (κ1) is 23.8. The Balaban J connectivity index is 1.54. The fourth-order valence-corrected chi connectivity index (χ4v) is 3.54. The van der Waals surface area contributed by atoms with Gasteiger partial charge in [0.1, 0.15) is 18.2 Å². The minimum absolute atomic E-state index is 0.525. The second-order valence-electron chi connectivity index (χ2n) is 8.04. The molecule has 1 aromatic carbocycles. The molecule has 1 fully saturated rings. The van der Waals surface area contributed by atoms with Gasteiger partial charge in [-0.1, -0.05) is 12.1 Å². The SMILES string of the molecule is CN=C(NCc1ccnc(N2CCN(C)CC2)c1)NCc1ccc(C)cc1OCCOC. The van der Waals surface area contributed by atoms with E-state index in [0.29, 0.717) is 26.3 Å². The largest absolute Gasteiger partial charge is 0.491 e. The zero-order chi connectivity index (χ0) is 22.8. The fraction of sp³-hybridized carbons (Fsp3) is 0.500. The van der Waals surface area contributed by atoms with E-state index in [0.717, 1.165) is 54.8 Å². The summed E-state index contributed by atoms with van der Waals surface area (Å²) in [5.74, 6) is 2.65. The lowest BCUT2D eigenvalue weighted by atomic mass is 10.1. The van der Waals surface area contributed by atoms with Crippen LogP contribution >= 0.6 is 0 Å². The van der Waals surface area contributed by atoms with Gasteiger partial charge < -0.3 is 29.9 Å². The number of benzene rings is 1. The van der Waals surface area contributed by atoms with Crippen LogP contribution in [0.2, 0.25) is 0 Å². The summed E-state index contributed by atoms with van der Waals surface area (Å²) in [6.07, 6.45) is 1.89. The van der Waals surface area contributed by atoms with E-state index in [-0.39, 0.29) is 0 Å². The minimum Gasteiger partial charge on any atom is -0.491 e. The van der Waals surface area contributed by atoms with Gasteiger partial charge in [0.2, 0.25) is 0 Å². The molecule has 0 atom stereocenters. The molecule has 0 unspecified atom stereocenters. The number of aliphatic imine (C=N–C) groups is 1. The van der Waals surface area contributed by atoms with E-state index in [2.05, 4.69) is 68.6 Å². The van der Waals surface area contributed by atoms with Gasteiger partial charge in [0, 0.05) is 65.2 Å². The minimum atomic E-state index is 0.525. The first-order valence-electron chi connectivity index (χ1n) is 11.1. The summed E-state index contributed by atoms with van der Waals surface area (Å²) in [6, 6.07) is 10.4. The summed E-state index contributed by atoms with van der Waals surface area (Å²) in [5, 5.41) is 6.79. The number of ether oxygens (including phenoxy) is 2. The molecule has 3 rings (SSSR count). The predicted molar refractivity (Wildman–Crippen MR) is 130 cm³/mol. The smallest absolute Gasteiger partial charge is 0.191 e. The molecule has 0 spiro atoms.